The number of carbonyl (C=O) groups is 2. The second-order valence-corrected chi connectivity index (χ2v) is 8.95. The molecule has 4 rings (SSSR count). The molecule has 9 nitrogen and oxygen atoms in total. The standard InChI is InChI=1S/C25H33N7O2/c1-31-12-5-3-4-10-21(33)32(2)13-7-11-26-23-22-20(25(34)30-24(22)29-17-28-23)15-27-19-9-6-8-18(14-19)16-31/h6,8-9,14-15,17,27H,3-5,7,10-13,16H2,1-2H3,(H2,26,28,29,30,34)/b20-15-. The summed E-state index contributed by atoms with van der Waals surface area (Å²) in [5.74, 6) is 1.07. The van der Waals surface area contributed by atoms with Crippen molar-refractivity contribution in [3.05, 3.63) is 47.9 Å². The summed E-state index contributed by atoms with van der Waals surface area (Å²) in [5.41, 5.74) is 3.25. The van der Waals surface area contributed by atoms with E-state index in [9.17, 15) is 9.59 Å². The molecule has 9 heteroatoms. The number of hydrogen-bond donors (Lipinski definition) is 3. The van der Waals surface area contributed by atoms with Crippen LogP contribution in [0.15, 0.2) is 36.8 Å². The molecule has 0 atom stereocenters. The highest BCUT2D eigenvalue weighted by Gasteiger charge is 2.29. The molecule has 2 aliphatic heterocycles. The maximum Gasteiger partial charge on any atom is 0.259 e. The Morgan fingerprint density at radius 1 is 0.971 bits per heavy atom. The summed E-state index contributed by atoms with van der Waals surface area (Å²) in [6.07, 6.45) is 7.54. The molecule has 0 saturated carbocycles. The lowest BCUT2D eigenvalue weighted by Crippen LogP contribution is -2.28. The molecular weight excluding hydrogens is 430 g/mol. The molecule has 2 aromatic rings. The van der Waals surface area contributed by atoms with Crippen molar-refractivity contribution in [3.8, 4) is 0 Å². The van der Waals surface area contributed by atoms with Gasteiger partial charge in [-0.25, -0.2) is 9.97 Å². The van der Waals surface area contributed by atoms with E-state index in [4.69, 9.17) is 0 Å². The van der Waals surface area contributed by atoms with Gasteiger partial charge in [-0.15, -0.1) is 0 Å². The van der Waals surface area contributed by atoms with Gasteiger partial charge < -0.3 is 25.8 Å². The van der Waals surface area contributed by atoms with Crippen LogP contribution in [0.1, 0.15) is 43.2 Å². The maximum atomic E-state index is 12.7. The lowest BCUT2D eigenvalue weighted by molar-refractivity contribution is -0.130. The van der Waals surface area contributed by atoms with E-state index in [0.29, 0.717) is 42.3 Å². The summed E-state index contributed by atoms with van der Waals surface area (Å²) in [6, 6.07) is 8.20. The van der Waals surface area contributed by atoms with E-state index in [1.165, 1.54) is 11.9 Å². The Hall–Kier alpha value is -3.46. The SMILES string of the molecule is CN1CCCCCC(=O)N(C)CCCNc2ncnc3c2/C(=C/Nc2cccc(c2)C1)C(=O)N3. The highest BCUT2D eigenvalue weighted by atomic mass is 16.2. The van der Waals surface area contributed by atoms with Crippen LogP contribution in [0.5, 0.6) is 0 Å². The third kappa shape index (κ3) is 5.91. The lowest BCUT2D eigenvalue weighted by atomic mass is 10.1. The van der Waals surface area contributed by atoms with E-state index < -0.39 is 0 Å². The van der Waals surface area contributed by atoms with E-state index in [0.717, 1.165) is 44.5 Å². The zero-order valence-corrected chi connectivity index (χ0v) is 19.9. The van der Waals surface area contributed by atoms with Gasteiger partial charge in [-0.3, -0.25) is 9.59 Å². The number of hydrogen-bond acceptors (Lipinski definition) is 7. The van der Waals surface area contributed by atoms with Crippen LogP contribution in [0.2, 0.25) is 0 Å². The Morgan fingerprint density at radius 2 is 1.82 bits per heavy atom. The molecule has 0 fully saturated rings. The van der Waals surface area contributed by atoms with Gasteiger partial charge in [0.15, 0.2) is 0 Å². The molecule has 0 saturated heterocycles. The van der Waals surface area contributed by atoms with Crippen molar-refractivity contribution < 1.29 is 9.59 Å². The summed E-state index contributed by atoms with van der Waals surface area (Å²) in [6.45, 7) is 3.11. The van der Waals surface area contributed by atoms with Gasteiger partial charge in [0.1, 0.15) is 18.0 Å². The van der Waals surface area contributed by atoms with Gasteiger partial charge in [0, 0.05) is 45.0 Å². The number of nitrogens with one attached hydrogen (secondary N) is 3. The van der Waals surface area contributed by atoms with E-state index in [1.807, 2.05) is 19.2 Å². The molecule has 1 aromatic carbocycles. The van der Waals surface area contributed by atoms with E-state index in [2.05, 4.69) is 50.0 Å². The fourth-order valence-corrected chi connectivity index (χ4v) is 4.27. The van der Waals surface area contributed by atoms with Crippen LogP contribution < -0.4 is 16.0 Å². The molecule has 2 bridgehead atoms. The summed E-state index contributed by atoms with van der Waals surface area (Å²) < 4.78 is 0. The fraction of sp³-hybridized carbons (Fsp3) is 0.440. The molecular formula is C25H33N7O2. The predicted molar refractivity (Wildman–Crippen MR) is 134 cm³/mol. The zero-order valence-electron chi connectivity index (χ0n) is 19.9. The Morgan fingerprint density at radius 3 is 2.71 bits per heavy atom. The number of fused-ring (bicyclic) bond motifs is 2. The highest BCUT2D eigenvalue weighted by Crippen LogP contribution is 2.34. The third-order valence-electron chi connectivity index (χ3n) is 6.17. The van der Waals surface area contributed by atoms with Crippen LogP contribution >= 0.6 is 0 Å². The molecule has 0 aliphatic carbocycles. The van der Waals surface area contributed by atoms with Crippen molar-refractivity contribution in [3.63, 3.8) is 0 Å². The number of rotatable bonds is 0. The average molecular weight is 464 g/mol. The molecule has 180 valence electrons. The lowest BCUT2D eigenvalue weighted by Gasteiger charge is -2.18. The van der Waals surface area contributed by atoms with Crippen molar-refractivity contribution in [2.45, 2.75) is 38.6 Å². The molecule has 2 aliphatic rings. The molecule has 34 heavy (non-hydrogen) atoms. The Balaban J connectivity index is 1.57. The average Bonchev–Trinajstić information content (AvgIpc) is 3.15. The molecule has 3 N–H and O–H groups in total. The van der Waals surface area contributed by atoms with Crippen LogP contribution in [0.25, 0.3) is 5.57 Å². The first kappa shape index (κ1) is 23.7. The first-order valence-corrected chi connectivity index (χ1v) is 11.9. The van der Waals surface area contributed by atoms with Gasteiger partial charge >= 0.3 is 0 Å². The first-order valence-electron chi connectivity index (χ1n) is 11.9. The van der Waals surface area contributed by atoms with Crippen molar-refractivity contribution in [2.24, 2.45) is 0 Å². The van der Waals surface area contributed by atoms with Crippen LogP contribution in [-0.2, 0) is 16.1 Å². The summed E-state index contributed by atoms with van der Waals surface area (Å²) in [7, 11) is 3.97. The van der Waals surface area contributed by atoms with Crippen molar-refractivity contribution in [2.75, 3.05) is 49.7 Å². The van der Waals surface area contributed by atoms with Gasteiger partial charge in [0.05, 0.1) is 11.1 Å². The quantitative estimate of drug-likeness (QED) is 0.552. The highest BCUT2D eigenvalue weighted by molar-refractivity contribution is 6.32. The van der Waals surface area contributed by atoms with Crippen molar-refractivity contribution in [1.82, 2.24) is 19.8 Å². The summed E-state index contributed by atoms with van der Waals surface area (Å²) in [4.78, 5) is 37.8. The minimum atomic E-state index is -0.217. The maximum absolute atomic E-state index is 12.7. The number of amides is 2. The summed E-state index contributed by atoms with van der Waals surface area (Å²) >= 11 is 0. The van der Waals surface area contributed by atoms with Gasteiger partial charge in [0.2, 0.25) is 5.91 Å². The van der Waals surface area contributed by atoms with Crippen molar-refractivity contribution >= 4 is 34.7 Å². The molecule has 2 amide bonds. The number of carbonyl (C=O) groups excluding carboxylic acids is 2. The van der Waals surface area contributed by atoms with Gasteiger partial charge in [-0.1, -0.05) is 18.6 Å². The van der Waals surface area contributed by atoms with Crippen LogP contribution in [0.3, 0.4) is 0 Å². The topological polar surface area (TPSA) is 102 Å². The molecule has 0 spiro atoms. The van der Waals surface area contributed by atoms with Gasteiger partial charge in [-0.05, 0) is 50.6 Å². The zero-order chi connectivity index (χ0) is 23.9. The second-order valence-electron chi connectivity index (χ2n) is 8.95. The predicted octanol–water partition coefficient (Wildman–Crippen LogP) is 3.15. The van der Waals surface area contributed by atoms with Crippen molar-refractivity contribution in [1.29, 1.82) is 0 Å². The third-order valence-corrected chi connectivity index (χ3v) is 6.17. The van der Waals surface area contributed by atoms with E-state index >= 15 is 0 Å². The molecule has 0 unspecified atom stereocenters. The fourth-order valence-electron chi connectivity index (χ4n) is 4.27. The first-order chi connectivity index (χ1) is 16.5. The number of benzene rings is 1. The van der Waals surface area contributed by atoms with Crippen LogP contribution in [0, 0.1) is 0 Å². The van der Waals surface area contributed by atoms with Crippen LogP contribution in [0.4, 0.5) is 17.3 Å². The molecule has 3 heterocycles. The van der Waals surface area contributed by atoms with Gasteiger partial charge in [0.25, 0.3) is 5.91 Å². The van der Waals surface area contributed by atoms with Crippen LogP contribution in [-0.4, -0.2) is 65.3 Å². The minimum Gasteiger partial charge on any atom is -0.369 e. The minimum absolute atomic E-state index is 0.185. The molecule has 0 radical (unpaired) electrons. The van der Waals surface area contributed by atoms with E-state index in [-0.39, 0.29) is 11.8 Å². The monoisotopic (exact) mass is 463 g/mol. The summed E-state index contributed by atoms with van der Waals surface area (Å²) in [5, 5.41) is 9.41. The number of aromatic nitrogens is 2. The second kappa shape index (κ2) is 11.1. The van der Waals surface area contributed by atoms with Gasteiger partial charge in [-0.2, -0.15) is 0 Å². The number of anilines is 3. The largest absolute Gasteiger partial charge is 0.369 e. The normalized spacial score (nSPS) is 20.2. The number of nitrogens with zero attached hydrogens (tertiary/aromatic N) is 4. The Kier molecular flexibility index (Phi) is 7.74. The smallest absolute Gasteiger partial charge is 0.259 e. The molecule has 1 aromatic heterocycles. The Labute approximate surface area is 200 Å². The Bertz CT molecular complexity index is 1070. The van der Waals surface area contributed by atoms with E-state index in [1.54, 1.807) is 11.1 Å².